The molecule has 1 N–H and O–H groups in total. The zero-order chi connectivity index (χ0) is 14.4. The molecule has 108 valence electrons. The Morgan fingerprint density at radius 3 is 2.85 bits per heavy atom. The van der Waals surface area contributed by atoms with Crippen molar-refractivity contribution in [1.82, 2.24) is 10.3 Å². The first-order chi connectivity index (χ1) is 9.76. The van der Waals surface area contributed by atoms with Crippen molar-refractivity contribution >= 4 is 16.7 Å². The van der Waals surface area contributed by atoms with E-state index in [0.29, 0.717) is 6.61 Å². The highest BCUT2D eigenvalue weighted by atomic mass is 16.5. The highest BCUT2D eigenvalue weighted by Crippen LogP contribution is 2.22. The van der Waals surface area contributed by atoms with Gasteiger partial charge in [-0.3, -0.25) is 0 Å². The topological polar surface area (TPSA) is 37.4 Å². The number of nitrogens with one attached hydrogen (secondary N) is 1. The van der Waals surface area contributed by atoms with Gasteiger partial charge in [-0.2, -0.15) is 0 Å². The zero-order valence-electron chi connectivity index (χ0n) is 12.5. The van der Waals surface area contributed by atoms with E-state index in [-0.39, 0.29) is 0 Å². The Balaban J connectivity index is 2.35. The third kappa shape index (κ3) is 3.46. The van der Waals surface area contributed by atoms with Crippen molar-refractivity contribution in [3.05, 3.63) is 35.9 Å². The molecule has 0 aliphatic heterocycles. The summed E-state index contributed by atoms with van der Waals surface area (Å²) in [7, 11) is 3.77. The van der Waals surface area contributed by atoms with Crippen LogP contribution in [0.2, 0.25) is 0 Å². The van der Waals surface area contributed by atoms with Crippen LogP contribution in [0.15, 0.2) is 30.3 Å². The van der Waals surface area contributed by atoms with Crippen LogP contribution < -0.4 is 10.2 Å². The third-order valence-electron chi connectivity index (χ3n) is 3.38. The molecule has 20 heavy (non-hydrogen) atoms. The maximum absolute atomic E-state index is 5.13. The average molecular weight is 273 g/mol. The van der Waals surface area contributed by atoms with Gasteiger partial charge in [0, 0.05) is 32.6 Å². The van der Waals surface area contributed by atoms with Crippen molar-refractivity contribution in [2.45, 2.75) is 13.5 Å². The van der Waals surface area contributed by atoms with Crippen molar-refractivity contribution in [2.24, 2.45) is 0 Å². The van der Waals surface area contributed by atoms with Gasteiger partial charge in [0.05, 0.1) is 12.1 Å². The van der Waals surface area contributed by atoms with Gasteiger partial charge in [0.25, 0.3) is 0 Å². The maximum Gasteiger partial charge on any atom is 0.129 e. The summed E-state index contributed by atoms with van der Waals surface area (Å²) >= 11 is 0. The summed E-state index contributed by atoms with van der Waals surface area (Å²) in [6, 6.07) is 10.5. The van der Waals surface area contributed by atoms with Crippen LogP contribution in [-0.2, 0) is 11.3 Å². The molecule has 0 unspecified atom stereocenters. The minimum atomic E-state index is 0.702. The van der Waals surface area contributed by atoms with Gasteiger partial charge in [-0.05, 0) is 24.2 Å². The molecule has 0 atom stereocenters. The van der Waals surface area contributed by atoms with Crippen molar-refractivity contribution < 1.29 is 4.74 Å². The molecule has 0 saturated carbocycles. The SMILES string of the molecule is CCNCc1cc(N(C)CCOC)nc2ccccc12. The van der Waals surface area contributed by atoms with E-state index < -0.39 is 0 Å². The molecular formula is C16H23N3O. The second-order valence-electron chi connectivity index (χ2n) is 4.85. The standard InChI is InChI=1S/C16H23N3O/c1-4-17-12-13-11-16(19(2)9-10-20-3)18-15-8-6-5-7-14(13)15/h5-8,11,17H,4,9-10,12H2,1-3H3. The van der Waals surface area contributed by atoms with Gasteiger partial charge in [0.1, 0.15) is 5.82 Å². The van der Waals surface area contributed by atoms with Crippen LogP contribution in [0.3, 0.4) is 0 Å². The Morgan fingerprint density at radius 2 is 2.10 bits per heavy atom. The predicted octanol–water partition coefficient (Wildman–Crippen LogP) is 2.43. The van der Waals surface area contributed by atoms with Crippen molar-refractivity contribution in [1.29, 1.82) is 0 Å². The lowest BCUT2D eigenvalue weighted by Crippen LogP contribution is -2.23. The van der Waals surface area contributed by atoms with Gasteiger partial charge < -0.3 is 15.0 Å². The summed E-state index contributed by atoms with van der Waals surface area (Å²) in [4.78, 5) is 6.87. The van der Waals surface area contributed by atoms with Crippen molar-refractivity contribution in [3.8, 4) is 0 Å². The summed E-state index contributed by atoms with van der Waals surface area (Å²) in [5.41, 5.74) is 2.33. The van der Waals surface area contributed by atoms with Crippen LogP contribution in [0.4, 0.5) is 5.82 Å². The third-order valence-corrected chi connectivity index (χ3v) is 3.38. The highest BCUT2D eigenvalue weighted by Gasteiger charge is 2.08. The molecule has 0 saturated heterocycles. The quantitative estimate of drug-likeness (QED) is 0.840. The number of aromatic nitrogens is 1. The number of likely N-dealkylation sites (N-methyl/N-ethyl adjacent to an activating group) is 1. The van der Waals surface area contributed by atoms with Gasteiger partial charge in [0.15, 0.2) is 0 Å². The van der Waals surface area contributed by atoms with E-state index in [9.17, 15) is 0 Å². The number of ether oxygens (including phenoxy) is 1. The average Bonchev–Trinajstić information content (AvgIpc) is 2.49. The normalized spacial score (nSPS) is 10.9. The van der Waals surface area contributed by atoms with Gasteiger partial charge >= 0.3 is 0 Å². The second kappa shape index (κ2) is 7.22. The number of hydrogen-bond acceptors (Lipinski definition) is 4. The summed E-state index contributed by atoms with van der Waals surface area (Å²) in [6.07, 6.45) is 0. The molecule has 1 aromatic heterocycles. The number of anilines is 1. The molecule has 1 aromatic carbocycles. The number of benzene rings is 1. The number of para-hydroxylation sites is 1. The second-order valence-corrected chi connectivity index (χ2v) is 4.85. The number of methoxy groups -OCH3 is 1. The van der Waals surface area contributed by atoms with Crippen LogP contribution in [0, 0.1) is 0 Å². The first-order valence-electron chi connectivity index (χ1n) is 7.05. The minimum absolute atomic E-state index is 0.702. The Morgan fingerprint density at radius 1 is 1.30 bits per heavy atom. The molecule has 0 aliphatic rings. The molecule has 0 radical (unpaired) electrons. The molecule has 4 heteroatoms. The Kier molecular flexibility index (Phi) is 5.32. The van der Waals surface area contributed by atoms with Crippen molar-refractivity contribution in [3.63, 3.8) is 0 Å². The largest absolute Gasteiger partial charge is 0.383 e. The summed E-state index contributed by atoms with van der Waals surface area (Å²) < 4.78 is 5.13. The fourth-order valence-corrected chi connectivity index (χ4v) is 2.18. The smallest absolute Gasteiger partial charge is 0.129 e. The van der Waals surface area contributed by atoms with E-state index in [1.54, 1.807) is 7.11 Å². The van der Waals surface area contributed by atoms with Crippen LogP contribution in [0.5, 0.6) is 0 Å². The number of hydrogen-bond donors (Lipinski definition) is 1. The van der Waals surface area contributed by atoms with E-state index >= 15 is 0 Å². The van der Waals surface area contributed by atoms with Crippen LogP contribution >= 0.6 is 0 Å². The number of rotatable bonds is 7. The lowest BCUT2D eigenvalue weighted by atomic mass is 10.1. The maximum atomic E-state index is 5.13. The molecule has 2 aromatic rings. The summed E-state index contributed by atoms with van der Waals surface area (Å²) in [5, 5.41) is 4.61. The van der Waals surface area contributed by atoms with Gasteiger partial charge in [-0.15, -0.1) is 0 Å². The monoisotopic (exact) mass is 273 g/mol. The summed E-state index contributed by atoms with van der Waals surface area (Å²) in [6.45, 7) is 5.49. The molecule has 4 nitrogen and oxygen atoms in total. The van der Waals surface area contributed by atoms with E-state index in [0.717, 1.165) is 31.0 Å². The lowest BCUT2D eigenvalue weighted by molar-refractivity contribution is 0.206. The molecular weight excluding hydrogens is 250 g/mol. The van der Waals surface area contributed by atoms with Crippen LogP contribution in [0.25, 0.3) is 10.9 Å². The Hall–Kier alpha value is -1.65. The molecule has 0 amide bonds. The van der Waals surface area contributed by atoms with E-state index in [1.807, 2.05) is 13.1 Å². The molecule has 0 aliphatic carbocycles. The zero-order valence-corrected chi connectivity index (χ0v) is 12.5. The highest BCUT2D eigenvalue weighted by molar-refractivity contribution is 5.84. The van der Waals surface area contributed by atoms with E-state index in [4.69, 9.17) is 9.72 Å². The Labute approximate surface area is 120 Å². The van der Waals surface area contributed by atoms with Crippen LogP contribution in [-0.4, -0.2) is 38.8 Å². The fraction of sp³-hybridized carbons (Fsp3) is 0.438. The van der Waals surface area contributed by atoms with Gasteiger partial charge in [-0.25, -0.2) is 4.98 Å². The number of fused-ring (bicyclic) bond motifs is 1. The number of pyridine rings is 1. The Bertz CT molecular complexity index is 556. The predicted molar refractivity (Wildman–Crippen MR) is 84.3 cm³/mol. The number of nitrogens with zero attached hydrogens (tertiary/aromatic N) is 2. The fourth-order valence-electron chi connectivity index (χ4n) is 2.18. The first-order valence-corrected chi connectivity index (χ1v) is 7.05. The first kappa shape index (κ1) is 14.8. The summed E-state index contributed by atoms with van der Waals surface area (Å²) in [5.74, 6) is 0.994. The lowest BCUT2D eigenvalue weighted by Gasteiger charge is -2.19. The molecule has 1 heterocycles. The molecule has 0 fully saturated rings. The van der Waals surface area contributed by atoms with E-state index in [1.165, 1.54) is 10.9 Å². The van der Waals surface area contributed by atoms with Gasteiger partial charge in [0.2, 0.25) is 0 Å². The minimum Gasteiger partial charge on any atom is -0.383 e. The molecule has 0 bridgehead atoms. The van der Waals surface area contributed by atoms with Gasteiger partial charge in [-0.1, -0.05) is 25.1 Å². The van der Waals surface area contributed by atoms with Crippen LogP contribution in [0.1, 0.15) is 12.5 Å². The van der Waals surface area contributed by atoms with E-state index in [2.05, 4.69) is 41.4 Å². The molecule has 2 rings (SSSR count). The molecule has 0 spiro atoms. The van der Waals surface area contributed by atoms with Crippen molar-refractivity contribution in [2.75, 3.05) is 38.8 Å².